The molecule has 2 aromatic heterocycles. The van der Waals surface area contributed by atoms with Crippen LogP contribution in [0.5, 0.6) is 0 Å². The zero-order chi connectivity index (χ0) is 21.5. The number of benzene rings is 1. The standard InChI is InChI=1S/C20H17F4N5O/c21-14-2-3-15(16(9-14)20(22,23)24)13-5-7-28(8-6-13)19(30)18-27-26-17-4-1-12(10-25)11-29(17)18/h1-4,9,11,13,19,30H,5-8H2. The van der Waals surface area contributed by atoms with E-state index >= 15 is 0 Å². The maximum atomic E-state index is 13.4. The number of piperidine rings is 1. The minimum Gasteiger partial charge on any atom is -0.371 e. The van der Waals surface area contributed by atoms with Crippen molar-refractivity contribution in [3.05, 3.63) is 64.9 Å². The molecule has 1 aliphatic rings. The molecule has 1 unspecified atom stereocenters. The van der Waals surface area contributed by atoms with Gasteiger partial charge in [0.05, 0.1) is 11.1 Å². The predicted molar refractivity (Wildman–Crippen MR) is 97.6 cm³/mol. The molecule has 0 amide bonds. The van der Waals surface area contributed by atoms with Crippen molar-refractivity contribution in [3.63, 3.8) is 0 Å². The number of rotatable bonds is 3. The number of alkyl halides is 3. The largest absolute Gasteiger partial charge is 0.416 e. The van der Waals surface area contributed by atoms with Crippen LogP contribution in [0.3, 0.4) is 0 Å². The van der Waals surface area contributed by atoms with Gasteiger partial charge in [0, 0.05) is 19.3 Å². The van der Waals surface area contributed by atoms with Gasteiger partial charge in [-0.25, -0.2) is 4.39 Å². The molecule has 156 valence electrons. The Labute approximate surface area is 169 Å². The smallest absolute Gasteiger partial charge is 0.371 e. The summed E-state index contributed by atoms with van der Waals surface area (Å²) in [4.78, 5) is 1.70. The molecule has 1 atom stereocenters. The summed E-state index contributed by atoms with van der Waals surface area (Å²) in [7, 11) is 0. The van der Waals surface area contributed by atoms with E-state index in [9.17, 15) is 22.7 Å². The number of nitrogens with zero attached hydrogens (tertiary/aromatic N) is 5. The van der Waals surface area contributed by atoms with Gasteiger partial charge in [0.25, 0.3) is 0 Å². The van der Waals surface area contributed by atoms with Crippen LogP contribution < -0.4 is 0 Å². The molecule has 0 radical (unpaired) electrons. The van der Waals surface area contributed by atoms with Crippen molar-refractivity contribution in [2.45, 2.75) is 31.2 Å². The van der Waals surface area contributed by atoms with Crippen molar-refractivity contribution < 1.29 is 22.7 Å². The summed E-state index contributed by atoms with van der Waals surface area (Å²) in [6.07, 6.45) is -3.50. The van der Waals surface area contributed by atoms with E-state index < -0.39 is 29.7 Å². The van der Waals surface area contributed by atoms with E-state index in [-0.39, 0.29) is 11.4 Å². The molecule has 1 N–H and O–H groups in total. The molecule has 6 nitrogen and oxygen atoms in total. The highest BCUT2D eigenvalue weighted by Gasteiger charge is 2.37. The lowest BCUT2D eigenvalue weighted by Gasteiger charge is -2.35. The molecule has 30 heavy (non-hydrogen) atoms. The van der Waals surface area contributed by atoms with Crippen LogP contribution in [0.2, 0.25) is 0 Å². The molecular formula is C20H17F4N5O. The van der Waals surface area contributed by atoms with Crippen LogP contribution in [-0.4, -0.2) is 37.7 Å². The van der Waals surface area contributed by atoms with Gasteiger partial charge in [0.2, 0.25) is 0 Å². The second-order valence-corrected chi connectivity index (χ2v) is 7.23. The van der Waals surface area contributed by atoms with Crippen molar-refractivity contribution in [3.8, 4) is 6.07 Å². The number of pyridine rings is 1. The number of fused-ring (bicyclic) bond motifs is 1. The number of nitriles is 1. The molecule has 0 saturated carbocycles. The summed E-state index contributed by atoms with van der Waals surface area (Å²) in [6.45, 7) is 0.653. The molecule has 0 spiro atoms. The zero-order valence-corrected chi connectivity index (χ0v) is 15.6. The minimum atomic E-state index is -4.63. The molecule has 4 rings (SSSR count). The lowest BCUT2D eigenvalue weighted by molar-refractivity contribution is -0.138. The van der Waals surface area contributed by atoms with Gasteiger partial charge in [0.15, 0.2) is 17.7 Å². The summed E-state index contributed by atoms with van der Waals surface area (Å²) in [5.41, 5.74) is -0.0249. The summed E-state index contributed by atoms with van der Waals surface area (Å²) in [5.74, 6) is -1.08. The van der Waals surface area contributed by atoms with Crippen LogP contribution in [0, 0.1) is 17.1 Å². The van der Waals surface area contributed by atoms with Crippen LogP contribution in [0.4, 0.5) is 17.6 Å². The van der Waals surface area contributed by atoms with Gasteiger partial charge in [-0.3, -0.25) is 9.30 Å². The monoisotopic (exact) mass is 419 g/mol. The van der Waals surface area contributed by atoms with E-state index in [0.717, 1.165) is 6.07 Å². The Hall–Kier alpha value is -3.03. The van der Waals surface area contributed by atoms with Crippen LogP contribution in [0.15, 0.2) is 36.5 Å². The van der Waals surface area contributed by atoms with E-state index in [1.807, 2.05) is 6.07 Å². The van der Waals surface area contributed by atoms with Crippen LogP contribution in [-0.2, 0) is 6.18 Å². The Balaban J connectivity index is 1.53. The number of aliphatic hydroxyl groups excluding tert-OH is 1. The van der Waals surface area contributed by atoms with Crippen molar-refractivity contribution in [1.82, 2.24) is 19.5 Å². The van der Waals surface area contributed by atoms with Gasteiger partial charge in [-0.1, -0.05) is 6.07 Å². The van der Waals surface area contributed by atoms with Gasteiger partial charge in [-0.05, 0) is 48.6 Å². The van der Waals surface area contributed by atoms with E-state index in [4.69, 9.17) is 5.26 Å². The van der Waals surface area contributed by atoms with Crippen molar-refractivity contribution in [2.24, 2.45) is 0 Å². The molecule has 10 heteroatoms. The number of hydrogen-bond donors (Lipinski definition) is 1. The first-order valence-corrected chi connectivity index (χ1v) is 9.31. The molecule has 0 aliphatic carbocycles. The van der Waals surface area contributed by atoms with Crippen molar-refractivity contribution in [2.75, 3.05) is 13.1 Å². The number of halogens is 4. The maximum Gasteiger partial charge on any atom is 0.416 e. The summed E-state index contributed by atoms with van der Waals surface area (Å²) in [5, 5.41) is 27.8. The second kappa shape index (κ2) is 7.66. The highest BCUT2D eigenvalue weighted by molar-refractivity contribution is 5.42. The third-order valence-corrected chi connectivity index (χ3v) is 5.42. The Morgan fingerprint density at radius 3 is 2.53 bits per heavy atom. The quantitative estimate of drug-likeness (QED) is 0.656. The van der Waals surface area contributed by atoms with Crippen LogP contribution >= 0.6 is 0 Å². The Bertz CT molecular complexity index is 1110. The molecular weight excluding hydrogens is 402 g/mol. The molecule has 0 bridgehead atoms. The van der Waals surface area contributed by atoms with Crippen molar-refractivity contribution in [1.29, 1.82) is 5.26 Å². The summed E-state index contributed by atoms with van der Waals surface area (Å²) >= 11 is 0. The van der Waals surface area contributed by atoms with E-state index in [1.165, 1.54) is 16.7 Å². The van der Waals surface area contributed by atoms with Crippen LogP contribution in [0.1, 0.15) is 47.5 Å². The zero-order valence-electron chi connectivity index (χ0n) is 15.6. The lowest BCUT2D eigenvalue weighted by atomic mass is 9.86. The van der Waals surface area contributed by atoms with E-state index in [0.29, 0.717) is 43.2 Å². The third-order valence-electron chi connectivity index (χ3n) is 5.42. The van der Waals surface area contributed by atoms with Gasteiger partial charge >= 0.3 is 6.18 Å². The lowest BCUT2D eigenvalue weighted by Crippen LogP contribution is -2.37. The first-order valence-electron chi connectivity index (χ1n) is 9.31. The fourth-order valence-corrected chi connectivity index (χ4v) is 3.90. The molecule has 1 fully saturated rings. The van der Waals surface area contributed by atoms with Gasteiger partial charge in [-0.15, -0.1) is 10.2 Å². The molecule has 1 saturated heterocycles. The molecule has 3 heterocycles. The van der Waals surface area contributed by atoms with E-state index in [2.05, 4.69) is 10.2 Å². The molecule has 3 aromatic rings. The number of hydrogen-bond acceptors (Lipinski definition) is 5. The summed E-state index contributed by atoms with van der Waals surface area (Å²) in [6, 6.07) is 7.99. The minimum absolute atomic E-state index is 0.0737. The summed E-state index contributed by atoms with van der Waals surface area (Å²) < 4.78 is 54.9. The third kappa shape index (κ3) is 3.74. The molecule has 1 aliphatic heterocycles. The van der Waals surface area contributed by atoms with Gasteiger partial charge in [0.1, 0.15) is 11.9 Å². The Morgan fingerprint density at radius 1 is 1.13 bits per heavy atom. The Kier molecular flexibility index (Phi) is 5.17. The first-order chi connectivity index (χ1) is 14.3. The first kappa shape index (κ1) is 20.3. The SMILES string of the molecule is N#Cc1ccc2nnc(C(O)N3CCC(c4ccc(F)cc4C(F)(F)F)CC3)n2c1. The van der Waals surface area contributed by atoms with Crippen molar-refractivity contribution >= 4 is 5.65 Å². The predicted octanol–water partition coefficient (Wildman–Crippen LogP) is 3.63. The van der Waals surface area contributed by atoms with E-state index in [1.54, 1.807) is 17.0 Å². The highest BCUT2D eigenvalue weighted by atomic mass is 19.4. The number of aliphatic hydroxyl groups is 1. The second-order valence-electron chi connectivity index (χ2n) is 7.23. The average Bonchev–Trinajstić information content (AvgIpc) is 3.16. The highest BCUT2D eigenvalue weighted by Crippen LogP contribution is 2.39. The fraction of sp³-hybridized carbons (Fsp3) is 0.350. The van der Waals surface area contributed by atoms with Gasteiger partial charge < -0.3 is 5.11 Å². The topological polar surface area (TPSA) is 77.4 Å². The van der Waals surface area contributed by atoms with Gasteiger partial charge in [-0.2, -0.15) is 18.4 Å². The Morgan fingerprint density at radius 2 is 1.87 bits per heavy atom. The van der Waals surface area contributed by atoms with Crippen LogP contribution in [0.25, 0.3) is 5.65 Å². The number of aromatic nitrogens is 3. The fourth-order valence-electron chi connectivity index (χ4n) is 3.90. The maximum absolute atomic E-state index is 13.4. The number of likely N-dealkylation sites (tertiary alicyclic amines) is 1. The average molecular weight is 419 g/mol. The normalized spacial score (nSPS) is 17.2. The molecule has 1 aromatic carbocycles.